The fourth-order valence-electron chi connectivity index (χ4n) is 6.48. The van der Waals surface area contributed by atoms with Gasteiger partial charge in [0.2, 0.25) is 0 Å². The second kappa shape index (κ2) is 13.6. The van der Waals surface area contributed by atoms with Crippen LogP contribution in [-0.4, -0.2) is 59.4 Å². The van der Waals surface area contributed by atoms with Crippen LogP contribution in [0.2, 0.25) is 0 Å². The molecule has 2 saturated heterocycles. The summed E-state index contributed by atoms with van der Waals surface area (Å²) < 4.78 is 32.9. The fourth-order valence-corrected chi connectivity index (χ4v) is 6.48. The Bertz CT molecular complexity index is 1250. The topological polar surface area (TPSA) is 72.9 Å². The van der Waals surface area contributed by atoms with Crippen LogP contribution in [0.15, 0.2) is 30.3 Å². The number of unbranched alkanes of at least 4 members (excludes halogenated alkanes) is 1. The van der Waals surface area contributed by atoms with E-state index in [1.807, 2.05) is 20.8 Å². The van der Waals surface area contributed by atoms with E-state index in [1.165, 1.54) is 17.7 Å². The number of hydrogen-bond donors (Lipinski definition) is 1. The first-order valence-corrected chi connectivity index (χ1v) is 16.2. The summed E-state index contributed by atoms with van der Waals surface area (Å²) in [5.74, 6) is 0.321. The third-order valence-electron chi connectivity index (χ3n) is 8.74. The molecule has 0 amide bonds. The maximum atomic E-state index is 14.7. The third kappa shape index (κ3) is 8.55. The van der Waals surface area contributed by atoms with E-state index in [9.17, 15) is 9.18 Å². The Kier molecular flexibility index (Phi) is 10.1. The molecule has 7 nitrogen and oxygen atoms in total. The molecular formula is C35H50FN3O4. The highest BCUT2D eigenvalue weighted by Crippen LogP contribution is 2.38. The molecule has 3 aliphatic heterocycles. The zero-order valence-corrected chi connectivity index (χ0v) is 26.7. The molecular weight excluding hydrogens is 545 g/mol. The highest BCUT2D eigenvalue weighted by atomic mass is 19.1. The summed E-state index contributed by atoms with van der Waals surface area (Å²) in [6.45, 7) is 12.7. The number of likely N-dealkylation sites (tertiary alicyclic amines) is 1. The lowest BCUT2D eigenvalue weighted by Gasteiger charge is -2.33. The van der Waals surface area contributed by atoms with E-state index in [4.69, 9.17) is 19.2 Å². The quantitative estimate of drug-likeness (QED) is 0.232. The van der Waals surface area contributed by atoms with Gasteiger partial charge in [0.25, 0.3) is 0 Å². The number of fused-ring (bicyclic) bond motifs is 1. The number of esters is 1. The molecule has 0 bridgehead atoms. The van der Waals surface area contributed by atoms with Gasteiger partial charge in [0.15, 0.2) is 0 Å². The van der Waals surface area contributed by atoms with Crippen molar-refractivity contribution in [1.29, 1.82) is 0 Å². The number of carbonyl (C=O) groups excluding carboxylic acids is 1. The lowest BCUT2D eigenvalue weighted by atomic mass is 9.91. The van der Waals surface area contributed by atoms with Gasteiger partial charge in [-0.2, -0.15) is 0 Å². The second-order valence-corrected chi connectivity index (χ2v) is 14.1. The molecule has 43 heavy (non-hydrogen) atoms. The number of aryl methyl sites for hydroxylation is 2. The van der Waals surface area contributed by atoms with Crippen LogP contribution in [0.4, 0.5) is 10.2 Å². The van der Waals surface area contributed by atoms with Crippen LogP contribution in [-0.2, 0) is 31.8 Å². The summed E-state index contributed by atoms with van der Waals surface area (Å²) in [5, 5.41) is 3.58. The van der Waals surface area contributed by atoms with Gasteiger partial charge in [-0.15, -0.1) is 0 Å². The van der Waals surface area contributed by atoms with Gasteiger partial charge in [0.1, 0.15) is 23.3 Å². The summed E-state index contributed by atoms with van der Waals surface area (Å²) >= 11 is 0. The van der Waals surface area contributed by atoms with Crippen molar-refractivity contribution in [3.63, 3.8) is 0 Å². The second-order valence-electron chi connectivity index (χ2n) is 14.1. The van der Waals surface area contributed by atoms with E-state index in [0.717, 1.165) is 74.9 Å². The van der Waals surface area contributed by atoms with E-state index in [-0.39, 0.29) is 29.5 Å². The fraction of sp³-hybridized carbons (Fsp3) is 0.657. The summed E-state index contributed by atoms with van der Waals surface area (Å²) in [6, 6.07) is 8.42. The molecule has 0 radical (unpaired) electrons. The number of nitrogens with zero attached hydrogens (tertiary/aromatic N) is 2. The molecule has 5 rings (SSSR count). The number of aromatic nitrogens is 1. The van der Waals surface area contributed by atoms with Crippen LogP contribution in [0.1, 0.15) is 114 Å². The van der Waals surface area contributed by atoms with E-state index in [1.54, 1.807) is 6.07 Å². The number of pyridine rings is 1. The zero-order chi connectivity index (χ0) is 30.6. The molecule has 0 aliphatic carbocycles. The number of halogens is 1. The molecule has 8 heteroatoms. The van der Waals surface area contributed by atoms with Crippen LogP contribution in [0.25, 0.3) is 0 Å². The van der Waals surface area contributed by atoms with Crippen molar-refractivity contribution >= 4 is 11.8 Å². The minimum atomic E-state index is -0.710. The summed E-state index contributed by atoms with van der Waals surface area (Å²) in [7, 11) is 0. The van der Waals surface area contributed by atoms with E-state index in [0.29, 0.717) is 31.9 Å². The smallest absolute Gasteiger partial charge is 0.328 e. The van der Waals surface area contributed by atoms with Crippen molar-refractivity contribution in [3.8, 4) is 0 Å². The molecule has 1 aromatic heterocycles. The van der Waals surface area contributed by atoms with Gasteiger partial charge in [-0.05, 0) is 127 Å². The Hall–Kier alpha value is -2.55. The van der Waals surface area contributed by atoms with Crippen LogP contribution in [0.3, 0.4) is 0 Å². The van der Waals surface area contributed by atoms with Crippen molar-refractivity contribution in [1.82, 2.24) is 9.88 Å². The van der Waals surface area contributed by atoms with Crippen molar-refractivity contribution in [3.05, 3.63) is 58.5 Å². The predicted octanol–water partition coefficient (Wildman–Crippen LogP) is 7.10. The molecule has 1 N–H and O–H groups in total. The Morgan fingerprint density at radius 3 is 2.79 bits per heavy atom. The Morgan fingerprint density at radius 2 is 2.02 bits per heavy atom. The number of hydrogen-bond acceptors (Lipinski definition) is 7. The SMILES string of the molecule is CC1(C)CCc2ccc(CCCCO[C@@H]3CCN(C(C(=O)OC(C)(C)C)c4cc(F)ccc4[C@@H]4CCCCO4)C3)nc2N1. The average molecular weight is 596 g/mol. The van der Waals surface area contributed by atoms with Gasteiger partial charge in [0.05, 0.1) is 12.2 Å². The first kappa shape index (κ1) is 31.9. The molecule has 3 atom stereocenters. The van der Waals surface area contributed by atoms with E-state index in [2.05, 4.69) is 36.2 Å². The summed E-state index contributed by atoms with van der Waals surface area (Å²) in [5.41, 5.74) is 3.39. The third-order valence-corrected chi connectivity index (χ3v) is 8.74. The number of carbonyl (C=O) groups is 1. The largest absolute Gasteiger partial charge is 0.459 e. The molecule has 0 spiro atoms. The lowest BCUT2D eigenvalue weighted by molar-refractivity contribution is -0.161. The molecule has 0 saturated carbocycles. The van der Waals surface area contributed by atoms with Crippen molar-refractivity contribution < 1.29 is 23.4 Å². The average Bonchev–Trinajstić information content (AvgIpc) is 3.40. The molecule has 2 aromatic rings. The lowest BCUT2D eigenvalue weighted by Crippen LogP contribution is -2.38. The van der Waals surface area contributed by atoms with Crippen molar-refractivity contribution in [2.24, 2.45) is 0 Å². The first-order valence-electron chi connectivity index (χ1n) is 16.2. The maximum Gasteiger partial charge on any atom is 0.328 e. The van der Waals surface area contributed by atoms with Gasteiger partial charge in [-0.3, -0.25) is 4.90 Å². The van der Waals surface area contributed by atoms with E-state index >= 15 is 0 Å². The van der Waals surface area contributed by atoms with Crippen LogP contribution < -0.4 is 5.32 Å². The van der Waals surface area contributed by atoms with Gasteiger partial charge < -0.3 is 19.5 Å². The normalized spacial score (nSPS) is 22.9. The Labute approximate surface area is 256 Å². The molecule has 1 unspecified atom stereocenters. The molecule has 1 aromatic carbocycles. The van der Waals surface area contributed by atoms with Crippen molar-refractivity contribution in [2.75, 3.05) is 31.6 Å². The van der Waals surface area contributed by atoms with Gasteiger partial charge >= 0.3 is 5.97 Å². The Morgan fingerprint density at radius 1 is 1.19 bits per heavy atom. The standard InChI is InChI=1S/C35H50FN3O4/c1-34(2,3)43-33(40)31(29-22-25(36)13-15-28(29)30-11-7-9-21-42-30)39-19-17-27(23-39)41-20-8-6-10-26-14-12-24-16-18-35(4,5)38-32(24)37-26/h12-15,22,27,30-31H,6-11,16-21,23H2,1-5H3,(H,37,38)/t27-,30+,31?/m1/s1. The predicted molar refractivity (Wildman–Crippen MR) is 167 cm³/mol. The van der Waals surface area contributed by atoms with Crippen LogP contribution in [0.5, 0.6) is 0 Å². The number of benzene rings is 1. The molecule has 3 aliphatic rings. The highest BCUT2D eigenvalue weighted by Gasteiger charge is 2.39. The van der Waals surface area contributed by atoms with Crippen molar-refractivity contribution in [2.45, 2.75) is 122 Å². The minimum Gasteiger partial charge on any atom is -0.459 e. The maximum absolute atomic E-state index is 14.7. The molecule has 2 fully saturated rings. The summed E-state index contributed by atoms with van der Waals surface area (Å²) in [4.78, 5) is 20.7. The van der Waals surface area contributed by atoms with Crippen LogP contribution >= 0.6 is 0 Å². The van der Waals surface area contributed by atoms with Gasteiger partial charge in [-0.1, -0.05) is 12.1 Å². The zero-order valence-electron chi connectivity index (χ0n) is 26.7. The van der Waals surface area contributed by atoms with Crippen LogP contribution in [0, 0.1) is 5.82 Å². The molecule has 4 heterocycles. The number of rotatable bonds is 10. The highest BCUT2D eigenvalue weighted by molar-refractivity contribution is 5.79. The minimum absolute atomic E-state index is 0.0150. The van der Waals surface area contributed by atoms with Gasteiger partial charge in [0, 0.05) is 37.5 Å². The number of nitrogens with one attached hydrogen (secondary N) is 1. The monoisotopic (exact) mass is 595 g/mol. The summed E-state index contributed by atoms with van der Waals surface area (Å²) in [6.07, 6.45) is 8.67. The molecule has 236 valence electrons. The first-order chi connectivity index (χ1) is 20.5. The number of anilines is 1. The van der Waals surface area contributed by atoms with Gasteiger partial charge in [-0.25, -0.2) is 14.2 Å². The Balaban J connectivity index is 1.19. The number of ether oxygens (including phenoxy) is 3. The van der Waals surface area contributed by atoms with E-state index < -0.39 is 11.6 Å².